The summed E-state index contributed by atoms with van der Waals surface area (Å²) < 4.78 is 11.3. The smallest absolute Gasteiger partial charge is 0.343 e. The fraction of sp³-hybridized carbons (Fsp3) is 0.567. The maximum Gasteiger partial charge on any atom is 0.343 e. The van der Waals surface area contributed by atoms with Gasteiger partial charge >= 0.3 is 5.97 Å². The highest BCUT2D eigenvalue weighted by Gasteiger charge is 2.20. The number of carbonyl (C=O) groups is 1. The monoisotopic (exact) mass is 450 g/mol. The lowest BCUT2D eigenvalue weighted by Crippen LogP contribution is -2.15. The van der Waals surface area contributed by atoms with Crippen molar-refractivity contribution in [1.29, 1.82) is 0 Å². The van der Waals surface area contributed by atoms with Crippen LogP contribution in [0.15, 0.2) is 48.5 Å². The van der Waals surface area contributed by atoms with Crippen LogP contribution in [0.3, 0.4) is 0 Å². The quantitative estimate of drug-likeness (QED) is 0.241. The van der Waals surface area contributed by atoms with E-state index in [0.29, 0.717) is 23.8 Å². The highest BCUT2D eigenvalue weighted by Crippen LogP contribution is 2.34. The lowest BCUT2D eigenvalue weighted by atomic mass is 9.78. The van der Waals surface area contributed by atoms with E-state index in [-0.39, 0.29) is 5.97 Å². The van der Waals surface area contributed by atoms with Crippen LogP contribution in [0.2, 0.25) is 0 Å². The van der Waals surface area contributed by atoms with Gasteiger partial charge in [-0.3, -0.25) is 0 Å². The second-order valence-electron chi connectivity index (χ2n) is 9.92. The fourth-order valence-corrected chi connectivity index (χ4v) is 4.75. The molecule has 3 rings (SSSR count). The molecule has 1 atom stereocenters. The largest absolute Gasteiger partial charge is 0.494 e. The lowest BCUT2D eigenvalue weighted by molar-refractivity contribution is 0.0734. The van der Waals surface area contributed by atoms with Crippen molar-refractivity contribution < 1.29 is 14.3 Å². The molecular formula is C30H42O3. The molecule has 33 heavy (non-hydrogen) atoms. The minimum Gasteiger partial charge on any atom is -0.494 e. The number of hydrogen-bond acceptors (Lipinski definition) is 3. The number of aryl methyl sites for hydroxylation is 1. The Morgan fingerprint density at radius 2 is 1.48 bits per heavy atom. The molecule has 1 saturated carbocycles. The van der Waals surface area contributed by atoms with Crippen molar-refractivity contribution >= 4 is 5.97 Å². The van der Waals surface area contributed by atoms with Crippen molar-refractivity contribution in [3.8, 4) is 11.5 Å². The molecule has 0 heterocycles. The van der Waals surface area contributed by atoms with Crippen LogP contribution in [0.1, 0.15) is 94.5 Å². The van der Waals surface area contributed by atoms with E-state index in [1.165, 1.54) is 50.5 Å². The van der Waals surface area contributed by atoms with E-state index in [0.717, 1.165) is 36.8 Å². The highest BCUT2D eigenvalue weighted by molar-refractivity contribution is 5.91. The maximum atomic E-state index is 12.5. The Hall–Kier alpha value is -2.29. The normalized spacial score (nSPS) is 19.1. The van der Waals surface area contributed by atoms with Crippen LogP contribution < -0.4 is 9.47 Å². The van der Waals surface area contributed by atoms with Gasteiger partial charge in [0, 0.05) is 0 Å². The molecule has 0 aliphatic heterocycles. The van der Waals surface area contributed by atoms with Crippen LogP contribution in [0, 0.1) is 17.8 Å². The van der Waals surface area contributed by atoms with Gasteiger partial charge in [-0.05, 0) is 79.0 Å². The van der Waals surface area contributed by atoms with E-state index in [2.05, 4.69) is 32.9 Å². The Balaban J connectivity index is 1.40. The highest BCUT2D eigenvalue weighted by atomic mass is 16.5. The molecule has 0 N–H and O–H groups in total. The molecule has 0 radical (unpaired) electrons. The van der Waals surface area contributed by atoms with Gasteiger partial charge in [-0.2, -0.15) is 0 Å². The summed E-state index contributed by atoms with van der Waals surface area (Å²) in [5.41, 5.74) is 1.86. The van der Waals surface area contributed by atoms with Crippen LogP contribution in [0.25, 0.3) is 0 Å². The maximum absolute atomic E-state index is 12.5. The van der Waals surface area contributed by atoms with E-state index in [1.54, 1.807) is 12.1 Å². The Kier molecular flexibility index (Phi) is 10.3. The Labute approximate surface area is 200 Å². The van der Waals surface area contributed by atoms with Gasteiger partial charge in [0.15, 0.2) is 0 Å². The molecule has 3 heteroatoms. The van der Waals surface area contributed by atoms with E-state index in [4.69, 9.17) is 9.47 Å². The zero-order valence-corrected chi connectivity index (χ0v) is 20.9. The van der Waals surface area contributed by atoms with Crippen molar-refractivity contribution in [3.05, 3.63) is 59.7 Å². The third kappa shape index (κ3) is 8.53. The van der Waals surface area contributed by atoms with Crippen molar-refractivity contribution in [3.63, 3.8) is 0 Å². The SMILES string of the molecule is CCCC1CCC(CCc2ccc(OC(=O)c3ccc(OCCC(C)CC)cc3)cc2)CC1. The Morgan fingerprint density at radius 3 is 2.09 bits per heavy atom. The summed E-state index contributed by atoms with van der Waals surface area (Å²) in [6, 6.07) is 15.2. The molecule has 0 bridgehead atoms. The summed E-state index contributed by atoms with van der Waals surface area (Å²) in [5.74, 6) is 3.56. The molecule has 0 aromatic heterocycles. The zero-order chi connectivity index (χ0) is 23.5. The summed E-state index contributed by atoms with van der Waals surface area (Å²) in [6.07, 6.45) is 12.9. The van der Waals surface area contributed by atoms with Gasteiger partial charge in [0.2, 0.25) is 0 Å². The average molecular weight is 451 g/mol. The van der Waals surface area contributed by atoms with Crippen LogP contribution in [0.4, 0.5) is 0 Å². The van der Waals surface area contributed by atoms with Gasteiger partial charge in [0.1, 0.15) is 11.5 Å². The molecule has 1 unspecified atom stereocenters. The van der Waals surface area contributed by atoms with Gasteiger partial charge in [-0.15, -0.1) is 0 Å². The molecule has 1 aliphatic rings. The van der Waals surface area contributed by atoms with Gasteiger partial charge in [0.05, 0.1) is 12.2 Å². The molecule has 180 valence electrons. The number of rotatable bonds is 12. The van der Waals surface area contributed by atoms with Crippen molar-refractivity contribution in [2.45, 2.75) is 85.0 Å². The fourth-order valence-electron chi connectivity index (χ4n) is 4.75. The van der Waals surface area contributed by atoms with Crippen molar-refractivity contribution in [1.82, 2.24) is 0 Å². The van der Waals surface area contributed by atoms with Crippen LogP contribution >= 0.6 is 0 Å². The minimum atomic E-state index is -0.335. The molecule has 0 saturated heterocycles. The first-order valence-corrected chi connectivity index (χ1v) is 13.1. The molecule has 3 nitrogen and oxygen atoms in total. The number of ether oxygens (including phenoxy) is 2. The van der Waals surface area contributed by atoms with E-state index in [1.807, 2.05) is 24.3 Å². The van der Waals surface area contributed by atoms with Crippen molar-refractivity contribution in [2.24, 2.45) is 17.8 Å². The van der Waals surface area contributed by atoms with Gasteiger partial charge < -0.3 is 9.47 Å². The summed E-state index contributed by atoms with van der Waals surface area (Å²) in [7, 11) is 0. The van der Waals surface area contributed by atoms with Gasteiger partial charge in [-0.25, -0.2) is 4.79 Å². The molecular weight excluding hydrogens is 408 g/mol. The molecule has 2 aromatic rings. The first kappa shape index (κ1) is 25.3. The first-order valence-electron chi connectivity index (χ1n) is 13.1. The molecule has 1 fully saturated rings. The predicted molar refractivity (Wildman–Crippen MR) is 136 cm³/mol. The van der Waals surface area contributed by atoms with Crippen LogP contribution in [0.5, 0.6) is 11.5 Å². The second kappa shape index (κ2) is 13.4. The second-order valence-corrected chi connectivity index (χ2v) is 9.92. The molecule has 2 aromatic carbocycles. The van der Waals surface area contributed by atoms with E-state index in [9.17, 15) is 4.79 Å². The first-order chi connectivity index (χ1) is 16.1. The number of carbonyl (C=O) groups excluding carboxylic acids is 1. The summed E-state index contributed by atoms with van der Waals surface area (Å²) in [4.78, 5) is 12.5. The summed E-state index contributed by atoms with van der Waals surface area (Å²) in [6.45, 7) is 7.42. The number of esters is 1. The number of benzene rings is 2. The molecule has 1 aliphatic carbocycles. The van der Waals surface area contributed by atoms with Crippen LogP contribution in [-0.2, 0) is 6.42 Å². The molecule has 0 amide bonds. The lowest BCUT2D eigenvalue weighted by Gasteiger charge is -2.28. The Morgan fingerprint density at radius 1 is 0.879 bits per heavy atom. The third-order valence-corrected chi connectivity index (χ3v) is 7.30. The Bertz CT molecular complexity index is 817. The predicted octanol–water partition coefficient (Wildman–Crippen LogP) is 8.26. The standard InChI is InChI=1S/C30H42O3/c1-4-6-24-7-9-25(10-8-24)11-12-26-13-17-29(18-14-26)33-30(31)27-15-19-28(20-16-27)32-22-21-23(3)5-2/h13-20,23-25H,4-12,21-22H2,1-3H3. The zero-order valence-electron chi connectivity index (χ0n) is 20.9. The minimum absolute atomic E-state index is 0.335. The number of hydrogen-bond donors (Lipinski definition) is 0. The summed E-state index contributed by atoms with van der Waals surface area (Å²) >= 11 is 0. The van der Waals surface area contributed by atoms with Gasteiger partial charge in [-0.1, -0.05) is 77.8 Å². The van der Waals surface area contributed by atoms with Crippen LogP contribution in [-0.4, -0.2) is 12.6 Å². The van der Waals surface area contributed by atoms with E-state index >= 15 is 0 Å². The van der Waals surface area contributed by atoms with Crippen molar-refractivity contribution in [2.75, 3.05) is 6.61 Å². The van der Waals surface area contributed by atoms with E-state index < -0.39 is 0 Å². The molecule has 0 spiro atoms. The summed E-state index contributed by atoms with van der Waals surface area (Å²) in [5, 5.41) is 0. The topological polar surface area (TPSA) is 35.5 Å². The third-order valence-electron chi connectivity index (χ3n) is 7.30. The van der Waals surface area contributed by atoms with Gasteiger partial charge in [0.25, 0.3) is 0 Å². The average Bonchev–Trinajstić information content (AvgIpc) is 2.85.